The third-order valence-corrected chi connectivity index (χ3v) is 3.45. The first kappa shape index (κ1) is 13.8. The molecule has 0 aliphatic heterocycles. The lowest BCUT2D eigenvalue weighted by atomic mass is 10.1. The van der Waals surface area contributed by atoms with Gasteiger partial charge in [-0.2, -0.15) is 0 Å². The summed E-state index contributed by atoms with van der Waals surface area (Å²) in [5.41, 5.74) is 1.92. The maximum absolute atomic E-state index is 5.88. The summed E-state index contributed by atoms with van der Waals surface area (Å²) in [5, 5.41) is 12.1. The maximum Gasteiger partial charge on any atom is 0.247 e. The molecule has 0 saturated heterocycles. The number of hydrogen-bond donors (Lipinski definition) is 1. The minimum Gasteiger partial charge on any atom is -0.419 e. The Labute approximate surface area is 127 Å². The quantitative estimate of drug-likeness (QED) is 0.798. The Hall–Kier alpha value is -2.17. The molecule has 4 nitrogen and oxygen atoms in total. The highest BCUT2D eigenvalue weighted by Crippen LogP contribution is 2.25. The Morgan fingerprint density at radius 3 is 2.38 bits per heavy atom. The van der Waals surface area contributed by atoms with Gasteiger partial charge in [-0.15, -0.1) is 10.2 Å². The Kier molecular flexibility index (Phi) is 3.99. The van der Waals surface area contributed by atoms with Crippen LogP contribution in [0.1, 0.15) is 17.5 Å². The number of benzene rings is 2. The Balaban J connectivity index is 1.92. The van der Waals surface area contributed by atoms with E-state index in [4.69, 9.17) is 16.0 Å². The molecule has 0 fully saturated rings. The maximum atomic E-state index is 5.88. The van der Waals surface area contributed by atoms with Crippen LogP contribution in [0.4, 0.5) is 0 Å². The third-order valence-electron chi connectivity index (χ3n) is 3.20. The molecule has 5 heteroatoms. The van der Waals surface area contributed by atoms with Crippen molar-refractivity contribution < 1.29 is 4.42 Å². The van der Waals surface area contributed by atoms with E-state index in [2.05, 4.69) is 15.5 Å². The predicted molar refractivity (Wildman–Crippen MR) is 82.1 cm³/mol. The first-order valence-electron chi connectivity index (χ1n) is 6.59. The molecule has 1 N–H and O–H groups in total. The lowest BCUT2D eigenvalue weighted by Crippen LogP contribution is -2.17. The van der Waals surface area contributed by atoms with Crippen molar-refractivity contribution in [3.05, 3.63) is 71.1 Å². The molecule has 0 bridgehead atoms. The fourth-order valence-corrected chi connectivity index (χ4v) is 2.26. The summed E-state index contributed by atoms with van der Waals surface area (Å²) in [6, 6.07) is 17.2. The standard InChI is InChI=1S/C16H14ClN3O/c1-18-14(11-5-3-2-4-6-11)16-20-19-15(21-16)12-7-9-13(17)10-8-12/h2-10,14,18H,1H3. The van der Waals surface area contributed by atoms with Crippen molar-refractivity contribution in [3.8, 4) is 11.5 Å². The monoisotopic (exact) mass is 299 g/mol. The molecule has 2 aromatic carbocycles. The number of rotatable bonds is 4. The van der Waals surface area contributed by atoms with Crippen LogP contribution in [0.2, 0.25) is 5.02 Å². The Morgan fingerprint density at radius 2 is 1.71 bits per heavy atom. The number of nitrogens with one attached hydrogen (secondary N) is 1. The largest absolute Gasteiger partial charge is 0.419 e. The molecule has 0 aliphatic carbocycles. The molecule has 106 valence electrons. The Bertz CT molecular complexity index is 710. The molecule has 1 unspecified atom stereocenters. The molecule has 0 aliphatic rings. The fourth-order valence-electron chi connectivity index (χ4n) is 2.14. The van der Waals surface area contributed by atoms with Crippen LogP contribution in [-0.2, 0) is 0 Å². The summed E-state index contributed by atoms with van der Waals surface area (Å²) in [6.45, 7) is 0. The molecule has 3 aromatic rings. The fraction of sp³-hybridized carbons (Fsp3) is 0.125. The van der Waals surface area contributed by atoms with Crippen LogP contribution >= 0.6 is 11.6 Å². The molecule has 0 amide bonds. The zero-order valence-electron chi connectivity index (χ0n) is 11.5. The average molecular weight is 300 g/mol. The Morgan fingerprint density at radius 1 is 1.00 bits per heavy atom. The van der Waals surface area contributed by atoms with Crippen molar-refractivity contribution in [2.45, 2.75) is 6.04 Å². The highest BCUT2D eigenvalue weighted by Gasteiger charge is 2.19. The van der Waals surface area contributed by atoms with Crippen LogP contribution in [0.15, 0.2) is 59.0 Å². The van der Waals surface area contributed by atoms with Gasteiger partial charge in [0.05, 0.1) is 0 Å². The van der Waals surface area contributed by atoms with E-state index in [0.29, 0.717) is 16.8 Å². The number of nitrogens with zero attached hydrogens (tertiary/aromatic N) is 2. The summed E-state index contributed by atoms with van der Waals surface area (Å²) in [4.78, 5) is 0. The summed E-state index contributed by atoms with van der Waals surface area (Å²) < 4.78 is 5.79. The molecule has 1 atom stereocenters. The highest BCUT2D eigenvalue weighted by atomic mass is 35.5. The van der Waals surface area contributed by atoms with E-state index < -0.39 is 0 Å². The zero-order chi connectivity index (χ0) is 14.7. The van der Waals surface area contributed by atoms with E-state index in [1.807, 2.05) is 49.5 Å². The van der Waals surface area contributed by atoms with Gasteiger partial charge in [-0.3, -0.25) is 0 Å². The van der Waals surface area contributed by atoms with E-state index >= 15 is 0 Å². The number of aromatic nitrogens is 2. The van der Waals surface area contributed by atoms with Gasteiger partial charge in [-0.25, -0.2) is 0 Å². The van der Waals surface area contributed by atoms with Crippen molar-refractivity contribution in [2.75, 3.05) is 7.05 Å². The van der Waals surface area contributed by atoms with Gasteiger partial charge in [-0.05, 0) is 36.9 Å². The first-order chi connectivity index (χ1) is 10.3. The van der Waals surface area contributed by atoms with Crippen molar-refractivity contribution in [1.29, 1.82) is 0 Å². The van der Waals surface area contributed by atoms with Crippen LogP contribution in [0.25, 0.3) is 11.5 Å². The van der Waals surface area contributed by atoms with Gasteiger partial charge in [-0.1, -0.05) is 41.9 Å². The van der Waals surface area contributed by atoms with Crippen LogP contribution in [0.5, 0.6) is 0 Å². The highest BCUT2D eigenvalue weighted by molar-refractivity contribution is 6.30. The van der Waals surface area contributed by atoms with E-state index in [0.717, 1.165) is 11.1 Å². The summed E-state index contributed by atoms with van der Waals surface area (Å²) in [7, 11) is 1.86. The second-order valence-electron chi connectivity index (χ2n) is 4.58. The summed E-state index contributed by atoms with van der Waals surface area (Å²) >= 11 is 5.88. The zero-order valence-corrected chi connectivity index (χ0v) is 12.2. The summed E-state index contributed by atoms with van der Waals surface area (Å²) in [6.07, 6.45) is 0. The van der Waals surface area contributed by atoms with E-state index in [1.165, 1.54) is 0 Å². The van der Waals surface area contributed by atoms with Crippen molar-refractivity contribution >= 4 is 11.6 Å². The minimum atomic E-state index is -0.125. The molecule has 1 aromatic heterocycles. The van der Waals surface area contributed by atoms with Gasteiger partial charge in [0.15, 0.2) is 0 Å². The topological polar surface area (TPSA) is 51.0 Å². The third kappa shape index (κ3) is 2.96. The molecule has 0 saturated carbocycles. The molecular weight excluding hydrogens is 286 g/mol. The van der Waals surface area contributed by atoms with Gasteiger partial charge >= 0.3 is 0 Å². The molecule has 3 rings (SSSR count). The van der Waals surface area contributed by atoms with Gasteiger partial charge in [0.1, 0.15) is 6.04 Å². The van der Waals surface area contributed by atoms with E-state index in [-0.39, 0.29) is 6.04 Å². The second-order valence-corrected chi connectivity index (χ2v) is 5.02. The van der Waals surface area contributed by atoms with Gasteiger partial charge in [0.25, 0.3) is 0 Å². The second kappa shape index (κ2) is 6.08. The van der Waals surface area contributed by atoms with Gasteiger partial charge < -0.3 is 9.73 Å². The minimum absolute atomic E-state index is 0.125. The molecule has 0 spiro atoms. The van der Waals surface area contributed by atoms with E-state index in [1.54, 1.807) is 12.1 Å². The van der Waals surface area contributed by atoms with Crippen LogP contribution in [-0.4, -0.2) is 17.2 Å². The van der Waals surface area contributed by atoms with Crippen molar-refractivity contribution in [3.63, 3.8) is 0 Å². The van der Waals surface area contributed by atoms with Gasteiger partial charge in [0.2, 0.25) is 11.8 Å². The lowest BCUT2D eigenvalue weighted by Gasteiger charge is -2.11. The lowest BCUT2D eigenvalue weighted by molar-refractivity contribution is 0.456. The smallest absolute Gasteiger partial charge is 0.247 e. The first-order valence-corrected chi connectivity index (χ1v) is 6.97. The van der Waals surface area contributed by atoms with Crippen LogP contribution < -0.4 is 5.32 Å². The van der Waals surface area contributed by atoms with E-state index in [9.17, 15) is 0 Å². The van der Waals surface area contributed by atoms with Crippen molar-refractivity contribution in [2.24, 2.45) is 0 Å². The molecule has 21 heavy (non-hydrogen) atoms. The predicted octanol–water partition coefficient (Wildman–Crippen LogP) is 3.70. The average Bonchev–Trinajstić information content (AvgIpc) is 2.99. The molecule has 1 heterocycles. The van der Waals surface area contributed by atoms with Crippen molar-refractivity contribution in [1.82, 2.24) is 15.5 Å². The normalized spacial score (nSPS) is 12.3. The SMILES string of the molecule is CNC(c1ccccc1)c1nnc(-c2ccc(Cl)cc2)o1. The van der Waals surface area contributed by atoms with Crippen LogP contribution in [0.3, 0.4) is 0 Å². The molecule has 0 radical (unpaired) electrons. The van der Waals surface area contributed by atoms with Gasteiger partial charge in [0, 0.05) is 10.6 Å². The number of hydrogen-bond acceptors (Lipinski definition) is 4. The van der Waals surface area contributed by atoms with Crippen LogP contribution in [0, 0.1) is 0 Å². The summed E-state index contributed by atoms with van der Waals surface area (Å²) in [5.74, 6) is 1.02. The molecular formula is C16H14ClN3O. The number of halogens is 1.